The summed E-state index contributed by atoms with van der Waals surface area (Å²) in [5, 5.41) is 4.82. The van der Waals surface area contributed by atoms with E-state index < -0.39 is 0 Å². The molecule has 3 aromatic rings. The van der Waals surface area contributed by atoms with Crippen molar-refractivity contribution in [2.24, 2.45) is 5.92 Å². The number of hydrogen-bond donors (Lipinski definition) is 0. The first-order valence-electron chi connectivity index (χ1n) is 10.0. The van der Waals surface area contributed by atoms with Gasteiger partial charge in [0.05, 0.1) is 22.9 Å². The number of rotatable bonds is 6. The third-order valence-electron chi connectivity index (χ3n) is 4.75. The summed E-state index contributed by atoms with van der Waals surface area (Å²) in [6, 6.07) is 17.8. The molecular formula is C24H23N3O2S2. The first-order chi connectivity index (χ1) is 14.9. The van der Waals surface area contributed by atoms with Gasteiger partial charge in [-0.1, -0.05) is 56.0 Å². The lowest BCUT2D eigenvalue weighted by atomic mass is 10.1. The van der Waals surface area contributed by atoms with E-state index >= 15 is 0 Å². The maximum absolute atomic E-state index is 12.5. The molecule has 1 fully saturated rings. The number of benzene rings is 2. The van der Waals surface area contributed by atoms with E-state index in [1.807, 2.05) is 71.6 Å². The fourth-order valence-electron chi connectivity index (χ4n) is 3.09. The third kappa shape index (κ3) is 4.73. The van der Waals surface area contributed by atoms with Gasteiger partial charge in [0.15, 0.2) is 0 Å². The van der Waals surface area contributed by atoms with Gasteiger partial charge >= 0.3 is 0 Å². The summed E-state index contributed by atoms with van der Waals surface area (Å²) in [5.74, 6) is 1.20. The second-order valence-corrected chi connectivity index (χ2v) is 9.36. The first-order valence-corrected chi connectivity index (χ1v) is 11.2. The summed E-state index contributed by atoms with van der Waals surface area (Å²) < 4.78 is 8.19. The van der Waals surface area contributed by atoms with Crippen molar-refractivity contribution in [3.63, 3.8) is 0 Å². The van der Waals surface area contributed by atoms with Crippen molar-refractivity contribution >= 4 is 40.3 Å². The third-order valence-corrected chi connectivity index (χ3v) is 6.23. The highest BCUT2D eigenvalue weighted by atomic mass is 32.2. The lowest BCUT2D eigenvalue weighted by Gasteiger charge is -2.09. The molecule has 2 heterocycles. The molecule has 0 saturated carbocycles. The normalized spacial score (nSPS) is 15.4. The van der Waals surface area contributed by atoms with E-state index in [4.69, 9.17) is 22.1 Å². The van der Waals surface area contributed by atoms with Gasteiger partial charge in [0.1, 0.15) is 10.1 Å². The summed E-state index contributed by atoms with van der Waals surface area (Å²) in [7, 11) is 1.70. The number of carbonyl (C=O) groups excluding carboxylic acids is 1. The maximum Gasteiger partial charge on any atom is 0.265 e. The van der Waals surface area contributed by atoms with Crippen molar-refractivity contribution in [1.82, 2.24) is 14.7 Å². The summed E-state index contributed by atoms with van der Waals surface area (Å²) in [6.45, 7) is 4.91. The number of likely N-dealkylation sites (N-methyl/N-ethyl adjacent to an activating group) is 1. The number of amides is 1. The second-order valence-electron chi connectivity index (χ2n) is 7.68. The van der Waals surface area contributed by atoms with Crippen molar-refractivity contribution in [2.75, 3.05) is 13.7 Å². The number of aromatic nitrogens is 2. The van der Waals surface area contributed by atoms with E-state index in [-0.39, 0.29) is 5.91 Å². The largest absolute Gasteiger partial charge is 0.493 e. The number of hydrogen-bond acceptors (Lipinski definition) is 5. The number of carbonyl (C=O) groups is 1. The minimum Gasteiger partial charge on any atom is -0.493 e. The van der Waals surface area contributed by atoms with E-state index in [0.717, 1.165) is 28.3 Å². The Hall–Kier alpha value is -2.90. The molecule has 1 saturated heterocycles. The van der Waals surface area contributed by atoms with E-state index in [9.17, 15) is 4.79 Å². The van der Waals surface area contributed by atoms with Crippen molar-refractivity contribution in [2.45, 2.75) is 13.8 Å². The van der Waals surface area contributed by atoms with Gasteiger partial charge in [-0.25, -0.2) is 4.68 Å². The number of nitrogens with zero attached hydrogens (tertiary/aromatic N) is 3. The van der Waals surface area contributed by atoms with E-state index in [1.165, 1.54) is 16.7 Å². The average Bonchev–Trinajstić information content (AvgIpc) is 3.30. The molecule has 7 heteroatoms. The standard InChI is InChI=1S/C24H23N3O2S2/c1-16(2)15-29-20-11-9-17(10-12-20)22-18(13-21-23(28)26(3)24(30)31-21)14-27(25-22)19-7-5-4-6-8-19/h4-14,16H,15H2,1-3H3/b21-13+. The van der Waals surface area contributed by atoms with Gasteiger partial charge in [0.2, 0.25) is 0 Å². The predicted molar refractivity (Wildman–Crippen MR) is 130 cm³/mol. The van der Waals surface area contributed by atoms with Gasteiger partial charge in [-0.3, -0.25) is 9.69 Å². The molecule has 1 aliphatic heterocycles. The Labute approximate surface area is 191 Å². The Morgan fingerprint density at radius 1 is 1.13 bits per heavy atom. The molecule has 0 N–H and O–H groups in total. The Balaban J connectivity index is 1.73. The topological polar surface area (TPSA) is 47.4 Å². The van der Waals surface area contributed by atoms with Crippen LogP contribution in [0.5, 0.6) is 5.75 Å². The van der Waals surface area contributed by atoms with Crippen molar-refractivity contribution in [1.29, 1.82) is 0 Å². The Bertz CT molecular complexity index is 1140. The summed E-state index contributed by atoms with van der Waals surface area (Å²) in [4.78, 5) is 14.6. The van der Waals surface area contributed by atoms with Gasteiger partial charge in [-0.05, 0) is 48.4 Å². The number of thioether (sulfide) groups is 1. The minimum absolute atomic E-state index is 0.0918. The summed E-state index contributed by atoms with van der Waals surface area (Å²) in [6.07, 6.45) is 3.81. The molecule has 4 rings (SSSR count). The van der Waals surface area contributed by atoms with Gasteiger partial charge in [-0.2, -0.15) is 5.10 Å². The zero-order valence-corrected chi connectivity index (χ0v) is 19.2. The quantitative estimate of drug-likeness (QED) is 0.372. The van der Waals surface area contributed by atoms with Crippen molar-refractivity contribution in [3.8, 4) is 22.7 Å². The lowest BCUT2D eigenvalue weighted by Crippen LogP contribution is -2.22. The molecular weight excluding hydrogens is 426 g/mol. The van der Waals surface area contributed by atoms with Crippen LogP contribution < -0.4 is 4.74 Å². The van der Waals surface area contributed by atoms with Crippen LogP contribution in [-0.2, 0) is 4.79 Å². The van der Waals surface area contributed by atoms with E-state index in [2.05, 4.69) is 13.8 Å². The smallest absolute Gasteiger partial charge is 0.265 e. The predicted octanol–water partition coefficient (Wildman–Crippen LogP) is 5.41. The Kier molecular flexibility index (Phi) is 6.25. The minimum atomic E-state index is -0.0918. The monoisotopic (exact) mass is 449 g/mol. The van der Waals surface area contributed by atoms with Gasteiger partial charge < -0.3 is 4.74 Å². The molecule has 0 aliphatic carbocycles. The molecule has 1 amide bonds. The molecule has 0 unspecified atom stereocenters. The Morgan fingerprint density at radius 2 is 1.84 bits per heavy atom. The summed E-state index contributed by atoms with van der Waals surface area (Å²) >= 11 is 6.58. The molecule has 1 aliphatic rings. The molecule has 0 spiro atoms. The van der Waals surface area contributed by atoms with Crippen LogP contribution >= 0.6 is 24.0 Å². The zero-order chi connectivity index (χ0) is 22.0. The molecule has 0 bridgehead atoms. The van der Waals surface area contributed by atoms with Crippen LogP contribution in [0.2, 0.25) is 0 Å². The number of ether oxygens (including phenoxy) is 1. The van der Waals surface area contributed by atoms with Crippen LogP contribution in [0.25, 0.3) is 23.0 Å². The van der Waals surface area contributed by atoms with Crippen molar-refractivity contribution in [3.05, 3.63) is 71.3 Å². The van der Waals surface area contributed by atoms with Crippen LogP contribution in [0.1, 0.15) is 19.4 Å². The van der Waals surface area contributed by atoms with Crippen LogP contribution in [-0.4, -0.2) is 38.6 Å². The SMILES string of the molecule is CC(C)COc1ccc(-c2nn(-c3ccccc3)cc2/C=C2/SC(=S)N(C)C2=O)cc1. The fourth-order valence-corrected chi connectivity index (χ4v) is 4.26. The highest BCUT2D eigenvalue weighted by molar-refractivity contribution is 8.26. The van der Waals surface area contributed by atoms with Gasteiger partial charge in [0.25, 0.3) is 5.91 Å². The molecule has 0 atom stereocenters. The van der Waals surface area contributed by atoms with E-state index in [0.29, 0.717) is 21.8 Å². The van der Waals surface area contributed by atoms with Crippen molar-refractivity contribution < 1.29 is 9.53 Å². The molecule has 2 aromatic carbocycles. The Morgan fingerprint density at radius 3 is 2.45 bits per heavy atom. The summed E-state index contributed by atoms with van der Waals surface area (Å²) in [5.41, 5.74) is 3.54. The van der Waals surface area contributed by atoms with Crippen LogP contribution in [0.4, 0.5) is 0 Å². The molecule has 0 radical (unpaired) electrons. The molecule has 31 heavy (non-hydrogen) atoms. The van der Waals surface area contributed by atoms with Crippen LogP contribution in [0.15, 0.2) is 65.7 Å². The maximum atomic E-state index is 12.5. The van der Waals surface area contributed by atoms with Gasteiger partial charge in [0, 0.05) is 24.4 Å². The molecule has 5 nitrogen and oxygen atoms in total. The van der Waals surface area contributed by atoms with Gasteiger partial charge in [-0.15, -0.1) is 0 Å². The number of para-hydroxylation sites is 1. The molecule has 158 valence electrons. The zero-order valence-electron chi connectivity index (χ0n) is 17.6. The van der Waals surface area contributed by atoms with E-state index in [1.54, 1.807) is 7.05 Å². The molecule has 1 aromatic heterocycles. The van der Waals surface area contributed by atoms with Crippen LogP contribution in [0, 0.1) is 5.92 Å². The highest BCUT2D eigenvalue weighted by Gasteiger charge is 2.29. The first kappa shape index (κ1) is 21.3. The number of thiocarbonyl (C=S) groups is 1. The van der Waals surface area contributed by atoms with Crippen LogP contribution in [0.3, 0.4) is 0 Å². The lowest BCUT2D eigenvalue weighted by molar-refractivity contribution is -0.121. The fraction of sp³-hybridized carbons (Fsp3) is 0.208. The average molecular weight is 450 g/mol. The highest BCUT2D eigenvalue weighted by Crippen LogP contribution is 2.34. The second kappa shape index (κ2) is 9.08.